The molecule has 16 heavy (non-hydrogen) atoms. The Hall–Kier alpha value is -1.10. The first kappa shape index (κ1) is 11.4. The van der Waals surface area contributed by atoms with Gasteiger partial charge in [0.2, 0.25) is 5.91 Å². The van der Waals surface area contributed by atoms with E-state index in [-0.39, 0.29) is 24.3 Å². The van der Waals surface area contributed by atoms with Crippen molar-refractivity contribution in [1.82, 2.24) is 4.90 Å². The molecule has 0 radical (unpaired) electrons. The number of carboxylic acids is 1. The van der Waals surface area contributed by atoms with E-state index >= 15 is 0 Å². The van der Waals surface area contributed by atoms with Crippen LogP contribution in [0.2, 0.25) is 0 Å². The molecule has 5 heteroatoms. The molecule has 5 nitrogen and oxygen atoms in total. The Labute approximate surface area is 94.6 Å². The van der Waals surface area contributed by atoms with Crippen molar-refractivity contribution in [3.05, 3.63) is 0 Å². The minimum atomic E-state index is -0.880. The molecule has 0 aromatic carbocycles. The van der Waals surface area contributed by atoms with E-state index in [9.17, 15) is 14.7 Å². The van der Waals surface area contributed by atoms with Crippen LogP contribution in [0.25, 0.3) is 0 Å². The molecule has 1 aliphatic heterocycles. The number of likely N-dealkylation sites (tertiary alicyclic amines) is 1. The largest absolute Gasteiger partial charge is 0.480 e. The predicted molar refractivity (Wildman–Crippen MR) is 57.7 cm³/mol. The van der Waals surface area contributed by atoms with Crippen LogP contribution in [0, 0.1) is 5.92 Å². The van der Waals surface area contributed by atoms with Gasteiger partial charge in [0.1, 0.15) is 6.04 Å². The number of amides is 1. The molecule has 1 saturated carbocycles. The molecule has 2 fully saturated rings. The van der Waals surface area contributed by atoms with Crippen LogP contribution in [-0.4, -0.2) is 40.5 Å². The van der Waals surface area contributed by atoms with Crippen molar-refractivity contribution in [2.75, 3.05) is 6.54 Å². The molecule has 90 valence electrons. The average molecular weight is 226 g/mol. The van der Waals surface area contributed by atoms with E-state index < -0.39 is 12.0 Å². The van der Waals surface area contributed by atoms with Crippen molar-refractivity contribution in [3.63, 3.8) is 0 Å². The van der Waals surface area contributed by atoms with Crippen molar-refractivity contribution in [1.29, 1.82) is 0 Å². The molecule has 1 amide bonds. The minimum absolute atomic E-state index is 0.105. The van der Waals surface area contributed by atoms with Crippen LogP contribution in [0.3, 0.4) is 0 Å². The predicted octanol–water partition coefficient (Wildman–Crippen LogP) is 0.189. The Morgan fingerprint density at radius 2 is 2.06 bits per heavy atom. The number of carboxylic acid groups (broad SMARTS) is 1. The Kier molecular flexibility index (Phi) is 3.14. The summed E-state index contributed by atoms with van der Waals surface area (Å²) in [5, 5.41) is 9.26. The van der Waals surface area contributed by atoms with Crippen molar-refractivity contribution in [3.8, 4) is 0 Å². The third-order valence-corrected chi connectivity index (χ3v) is 3.62. The molecule has 1 saturated heterocycles. The smallest absolute Gasteiger partial charge is 0.326 e. The Balaban J connectivity index is 2.12. The topological polar surface area (TPSA) is 83.6 Å². The number of nitrogens with two attached hydrogens (primary N) is 1. The van der Waals surface area contributed by atoms with Gasteiger partial charge in [-0.2, -0.15) is 0 Å². The number of carbonyl (C=O) groups is 2. The summed E-state index contributed by atoms with van der Waals surface area (Å²) in [7, 11) is 0. The van der Waals surface area contributed by atoms with Crippen molar-refractivity contribution < 1.29 is 14.7 Å². The summed E-state index contributed by atoms with van der Waals surface area (Å²) in [6, 6.07) is -0.848. The highest BCUT2D eigenvalue weighted by Gasteiger charge is 2.41. The van der Waals surface area contributed by atoms with Gasteiger partial charge in [-0.3, -0.25) is 4.79 Å². The molecular weight excluding hydrogens is 208 g/mol. The monoisotopic (exact) mass is 226 g/mol. The normalized spacial score (nSPS) is 28.7. The van der Waals surface area contributed by atoms with Gasteiger partial charge in [0.05, 0.1) is 0 Å². The number of hydrogen-bond acceptors (Lipinski definition) is 3. The summed E-state index contributed by atoms with van der Waals surface area (Å²) in [5.74, 6) is -0.868. The fourth-order valence-electron chi connectivity index (χ4n) is 2.89. The lowest BCUT2D eigenvalue weighted by Crippen LogP contribution is -2.47. The third-order valence-electron chi connectivity index (χ3n) is 3.62. The summed E-state index contributed by atoms with van der Waals surface area (Å²) >= 11 is 0. The molecule has 2 unspecified atom stereocenters. The molecule has 0 aromatic heterocycles. The van der Waals surface area contributed by atoms with E-state index in [4.69, 9.17) is 5.73 Å². The highest BCUT2D eigenvalue weighted by atomic mass is 16.4. The average Bonchev–Trinajstić information content (AvgIpc) is 2.78. The van der Waals surface area contributed by atoms with Crippen LogP contribution in [0.1, 0.15) is 32.1 Å². The third kappa shape index (κ3) is 2.04. The quantitative estimate of drug-likeness (QED) is 0.719. The summed E-state index contributed by atoms with van der Waals surface area (Å²) < 4.78 is 0. The first-order valence-electron chi connectivity index (χ1n) is 5.87. The zero-order valence-corrected chi connectivity index (χ0v) is 9.26. The van der Waals surface area contributed by atoms with Crippen LogP contribution >= 0.6 is 0 Å². The van der Waals surface area contributed by atoms with Gasteiger partial charge in [0, 0.05) is 19.0 Å². The molecule has 2 atom stereocenters. The number of carbonyl (C=O) groups excluding carboxylic acids is 1. The summed E-state index contributed by atoms with van der Waals surface area (Å²) in [5.41, 5.74) is 5.70. The van der Waals surface area contributed by atoms with Crippen LogP contribution in [0.5, 0.6) is 0 Å². The molecule has 2 rings (SSSR count). The van der Waals surface area contributed by atoms with E-state index in [1.165, 1.54) is 4.90 Å². The molecule has 1 aliphatic carbocycles. The summed E-state index contributed by atoms with van der Waals surface area (Å²) in [6.45, 7) is 0.395. The number of hydrogen-bond donors (Lipinski definition) is 2. The highest BCUT2D eigenvalue weighted by molar-refractivity contribution is 5.85. The Bertz CT molecular complexity index is 300. The standard InChI is InChI=1S/C11H18N2O3/c12-8-5-9(14)13(6-8)10(11(15)16)7-3-1-2-4-7/h7-8,10H,1-6,12H2,(H,15,16). The summed E-state index contributed by atoms with van der Waals surface area (Å²) in [4.78, 5) is 24.4. The van der Waals surface area contributed by atoms with E-state index in [2.05, 4.69) is 0 Å². The van der Waals surface area contributed by atoms with Crippen molar-refractivity contribution in [2.24, 2.45) is 11.7 Å². The van der Waals surface area contributed by atoms with Crippen molar-refractivity contribution >= 4 is 11.9 Å². The maximum absolute atomic E-state index is 11.7. The lowest BCUT2D eigenvalue weighted by molar-refractivity contribution is -0.150. The van der Waals surface area contributed by atoms with Gasteiger partial charge in [-0.1, -0.05) is 12.8 Å². The maximum atomic E-state index is 11.7. The molecule has 0 spiro atoms. The first-order chi connectivity index (χ1) is 7.59. The Morgan fingerprint density at radius 1 is 1.44 bits per heavy atom. The number of aliphatic carboxylic acids is 1. The van der Waals surface area contributed by atoms with Gasteiger partial charge in [0.15, 0.2) is 0 Å². The van der Waals surface area contributed by atoms with Gasteiger partial charge in [-0.15, -0.1) is 0 Å². The lowest BCUT2D eigenvalue weighted by Gasteiger charge is -2.29. The number of rotatable bonds is 3. The van der Waals surface area contributed by atoms with Gasteiger partial charge < -0.3 is 15.7 Å². The fraction of sp³-hybridized carbons (Fsp3) is 0.818. The van der Waals surface area contributed by atoms with E-state index in [1.807, 2.05) is 0 Å². The second-order valence-corrected chi connectivity index (χ2v) is 4.84. The Morgan fingerprint density at radius 3 is 2.50 bits per heavy atom. The van der Waals surface area contributed by atoms with Crippen LogP contribution < -0.4 is 5.73 Å². The molecular formula is C11H18N2O3. The van der Waals surface area contributed by atoms with Crippen LogP contribution in [-0.2, 0) is 9.59 Å². The second-order valence-electron chi connectivity index (χ2n) is 4.84. The van der Waals surface area contributed by atoms with Crippen LogP contribution in [0.4, 0.5) is 0 Å². The lowest BCUT2D eigenvalue weighted by atomic mass is 9.97. The van der Waals surface area contributed by atoms with E-state index in [0.29, 0.717) is 6.54 Å². The molecule has 0 bridgehead atoms. The number of nitrogens with zero attached hydrogens (tertiary/aromatic N) is 1. The molecule has 0 aromatic rings. The van der Waals surface area contributed by atoms with Crippen molar-refractivity contribution in [2.45, 2.75) is 44.2 Å². The van der Waals surface area contributed by atoms with Gasteiger partial charge in [-0.05, 0) is 18.8 Å². The molecule has 2 aliphatic rings. The highest BCUT2D eigenvalue weighted by Crippen LogP contribution is 2.32. The summed E-state index contributed by atoms with van der Waals surface area (Å²) in [6.07, 6.45) is 4.26. The minimum Gasteiger partial charge on any atom is -0.480 e. The maximum Gasteiger partial charge on any atom is 0.326 e. The SMILES string of the molecule is NC1CC(=O)N(C(C(=O)O)C2CCCC2)C1. The second kappa shape index (κ2) is 4.41. The van der Waals surface area contributed by atoms with E-state index in [0.717, 1.165) is 25.7 Å². The molecule has 1 heterocycles. The zero-order chi connectivity index (χ0) is 11.7. The fourth-order valence-corrected chi connectivity index (χ4v) is 2.89. The van der Waals surface area contributed by atoms with Crippen LogP contribution in [0.15, 0.2) is 0 Å². The van der Waals surface area contributed by atoms with Gasteiger partial charge in [0.25, 0.3) is 0 Å². The van der Waals surface area contributed by atoms with Gasteiger partial charge >= 0.3 is 5.97 Å². The van der Waals surface area contributed by atoms with Gasteiger partial charge in [-0.25, -0.2) is 4.79 Å². The molecule has 3 N–H and O–H groups in total. The van der Waals surface area contributed by atoms with E-state index in [1.54, 1.807) is 0 Å². The first-order valence-corrected chi connectivity index (χ1v) is 5.87. The zero-order valence-electron chi connectivity index (χ0n) is 9.26.